The molecule has 2 aliphatic rings. The predicted octanol–water partition coefficient (Wildman–Crippen LogP) is 1.89. The number of benzene rings is 1. The van der Waals surface area contributed by atoms with Crippen LogP contribution in [-0.2, 0) is 25.6 Å². The maximum atomic E-state index is 12.4. The van der Waals surface area contributed by atoms with E-state index in [1.807, 2.05) is 25.1 Å². The van der Waals surface area contributed by atoms with E-state index < -0.39 is 6.10 Å². The zero-order valence-electron chi connectivity index (χ0n) is 16.7. The van der Waals surface area contributed by atoms with Crippen molar-refractivity contribution in [2.24, 2.45) is 0 Å². The molecule has 2 N–H and O–H groups in total. The molecule has 3 rings (SSSR count). The van der Waals surface area contributed by atoms with E-state index in [1.54, 1.807) is 11.0 Å². The lowest BCUT2D eigenvalue weighted by Crippen LogP contribution is -2.57. The topological polar surface area (TPSA) is 88.1 Å². The van der Waals surface area contributed by atoms with Crippen LogP contribution < -0.4 is 5.32 Å². The number of aliphatic hydroxyl groups is 1. The molecule has 0 bridgehead atoms. The fraction of sp³-hybridized carbons (Fsp3) is 0.619. The molecule has 2 fully saturated rings. The van der Waals surface area contributed by atoms with E-state index in [4.69, 9.17) is 21.1 Å². The highest BCUT2D eigenvalue weighted by Gasteiger charge is 2.39. The number of β-amino-alcohol motifs (C(OH)–C–C–N with tert-alkyl or cyclic N) is 1. The molecule has 1 aromatic carbocycles. The Morgan fingerprint density at radius 3 is 2.83 bits per heavy atom. The number of hydrogen-bond donors (Lipinski definition) is 2. The molecule has 29 heavy (non-hydrogen) atoms. The van der Waals surface area contributed by atoms with Crippen LogP contribution in [0.2, 0.25) is 5.02 Å². The van der Waals surface area contributed by atoms with E-state index in [0.29, 0.717) is 31.0 Å². The van der Waals surface area contributed by atoms with Crippen LogP contribution in [0.15, 0.2) is 24.3 Å². The van der Waals surface area contributed by atoms with Gasteiger partial charge in [0.25, 0.3) is 0 Å². The number of amides is 2. The second kappa shape index (κ2) is 10.4. The van der Waals surface area contributed by atoms with E-state index in [9.17, 15) is 14.7 Å². The number of nitrogens with one attached hydrogen (secondary N) is 1. The third-order valence-electron chi connectivity index (χ3n) is 5.45. The quantitative estimate of drug-likeness (QED) is 0.753. The van der Waals surface area contributed by atoms with Crippen molar-refractivity contribution < 1.29 is 24.2 Å². The van der Waals surface area contributed by atoms with Crippen molar-refractivity contribution in [2.45, 2.75) is 63.5 Å². The van der Waals surface area contributed by atoms with Gasteiger partial charge in [-0.1, -0.05) is 36.7 Å². The van der Waals surface area contributed by atoms with E-state index in [2.05, 4.69) is 5.32 Å². The number of ether oxygens (including phenoxy) is 2. The summed E-state index contributed by atoms with van der Waals surface area (Å²) in [5, 5.41) is 13.6. The van der Waals surface area contributed by atoms with Gasteiger partial charge in [0.05, 0.1) is 37.9 Å². The van der Waals surface area contributed by atoms with E-state index in [0.717, 1.165) is 12.0 Å². The molecule has 8 heteroatoms. The van der Waals surface area contributed by atoms with Crippen molar-refractivity contribution in [3.8, 4) is 0 Å². The van der Waals surface area contributed by atoms with Gasteiger partial charge in [0.2, 0.25) is 11.8 Å². The Balaban J connectivity index is 1.55. The lowest BCUT2D eigenvalue weighted by atomic mass is 9.94. The summed E-state index contributed by atoms with van der Waals surface area (Å²) in [5.41, 5.74) is 0.868. The van der Waals surface area contributed by atoms with Gasteiger partial charge in [0, 0.05) is 24.5 Å². The lowest BCUT2D eigenvalue weighted by Gasteiger charge is -2.44. The summed E-state index contributed by atoms with van der Waals surface area (Å²) in [4.78, 5) is 26.5. The molecule has 0 spiro atoms. The molecule has 2 aliphatic heterocycles. The lowest BCUT2D eigenvalue weighted by molar-refractivity contribution is -0.169. The summed E-state index contributed by atoms with van der Waals surface area (Å²) in [6.07, 6.45) is 0.795. The zero-order valence-corrected chi connectivity index (χ0v) is 17.4. The van der Waals surface area contributed by atoms with Gasteiger partial charge in [-0.3, -0.25) is 9.59 Å². The van der Waals surface area contributed by atoms with Crippen LogP contribution in [0.5, 0.6) is 0 Å². The highest BCUT2D eigenvalue weighted by molar-refractivity contribution is 6.31. The van der Waals surface area contributed by atoms with Crippen LogP contribution in [-0.4, -0.2) is 65.9 Å². The Kier molecular flexibility index (Phi) is 7.89. The summed E-state index contributed by atoms with van der Waals surface area (Å²) in [6, 6.07) is 7.27. The number of hydrogen-bond acceptors (Lipinski definition) is 5. The first kappa shape index (κ1) is 22.0. The number of carbonyl (C=O) groups is 2. The smallest absolute Gasteiger partial charge is 0.222 e. The van der Waals surface area contributed by atoms with Gasteiger partial charge in [0.1, 0.15) is 6.10 Å². The number of fused-ring (bicyclic) bond motifs is 1. The van der Waals surface area contributed by atoms with Gasteiger partial charge in [-0.25, -0.2) is 0 Å². The first-order chi connectivity index (χ1) is 14.0. The van der Waals surface area contributed by atoms with Gasteiger partial charge in [-0.05, 0) is 24.5 Å². The van der Waals surface area contributed by atoms with Gasteiger partial charge in [-0.15, -0.1) is 0 Å². The molecule has 4 atom stereocenters. The van der Waals surface area contributed by atoms with E-state index >= 15 is 0 Å². The molecular formula is C21H29ClN2O5. The highest BCUT2D eigenvalue weighted by atomic mass is 35.5. The molecule has 160 valence electrons. The van der Waals surface area contributed by atoms with Gasteiger partial charge >= 0.3 is 0 Å². The SMILES string of the molecule is CCC(=O)N1C[C@H](O)COC[C@@H]2O[C@H](CC(=O)NCc3ccccc3Cl)CC[C@H]21. The fourth-order valence-corrected chi connectivity index (χ4v) is 4.15. The number of carbonyl (C=O) groups excluding carboxylic acids is 2. The molecule has 2 amide bonds. The van der Waals surface area contributed by atoms with Crippen LogP contribution in [0.1, 0.15) is 38.2 Å². The first-order valence-electron chi connectivity index (χ1n) is 10.2. The molecule has 2 heterocycles. The summed E-state index contributed by atoms with van der Waals surface area (Å²) < 4.78 is 11.7. The Bertz CT molecular complexity index is 716. The molecule has 7 nitrogen and oxygen atoms in total. The average Bonchev–Trinajstić information content (AvgIpc) is 2.70. The van der Waals surface area contributed by atoms with Crippen molar-refractivity contribution in [3.05, 3.63) is 34.9 Å². The molecule has 0 unspecified atom stereocenters. The third-order valence-corrected chi connectivity index (χ3v) is 5.82. The maximum Gasteiger partial charge on any atom is 0.222 e. The summed E-state index contributed by atoms with van der Waals surface area (Å²) >= 11 is 6.13. The standard InChI is InChI=1S/C21H29ClN2O5/c1-2-21(27)24-11-15(25)12-28-13-19-18(24)8-7-16(29-19)9-20(26)23-10-14-5-3-4-6-17(14)22/h3-6,15-16,18-19,25H,2,7-13H2,1H3,(H,23,26)/t15-,16-,18+,19-/m0/s1. The molecule has 0 radical (unpaired) electrons. The van der Waals surface area contributed by atoms with Gasteiger partial charge in [-0.2, -0.15) is 0 Å². The van der Waals surface area contributed by atoms with Crippen LogP contribution in [0.4, 0.5) is 0 Å². The molecule has 0 saturated carbocycles. The van der Waals surface area contributed by atoms with E-state index in [1.165, 1.54) is 0 Å². The molecule has 0 aromatic heterocycles. The Morgan fingerprint density at radius 2 is 2.07 bits per heavy atom. The van der Waals surface area contributed by atoms with Crippen LogP contribution in [0.25, 0.3) is 0 Å². The molecule has 0 aliphatic carbocycles. The number of rotatable bonds is 5. The normalized spacial score (nSPS) is 27.5. The number of aliphatic hydroxyl groups excluding tert-OH is 1. The number of nitrogens with zero attached hydrogens (tertiary/aromatic N) is 1. The average molecular weight is 425 g/mol. The fourth-order valence-electron chi connectivity index (χ4n) is 3.95. The van der Waals surface area contributed by atoms with Crippen molar-refractivity contribution in [2.75, 3.05) is 19.8 Å². The Morgan fingerprint density at radius 1 is 1.28 bits per heavy atom. The monoisotopic (exact) mass is 424 g/mol. The van der Waals surface area contributed by atoms with Gasteiger partial charge in [0.15, 0.2) is 0 Å². The summed E-state index contributed by atoms with van der Waals surface area (Å²) in [6.45, 7) is 2.90. The largest absolute Gasteiger partial charge is 0.389 e. The van der Waals surface area contributed by atoms with Crippen molar-refractivity contribution in [3.63, 3.8) is 0 Å². The van der Waals surface area contributed by atoms with Crippen molar-refractivity contribution in [1.29, 1.82) is 0 Å². The van der Waals surface area contributed by atoms with Crippen LogP contribution in [0, 0.1) is 0 Å². The minimum atomic E-state index is -0.695. The van der Waals surface area contributed by atoms with E-state index in [-0.39, 0.29) is 49.6 Å². The summed E-state index contributed by atoms with van der Waals surface area (Å²) in [5.74, 6) is -0.0995. The Hall–Kier alpha value is -1.67. The highest BCUT2D eigenvalue weighted by Crippen LogP contribution is 2.28. The van der Waals surface area contributed by atoms with Crippen LogP contribution in [0.3, 0.4) is 0 Å². The van der Waals surface area contributed by atoms with Gasteiger partial charge < -0.3 is 24.8 Å². The zero-order chi connectivity index (χ0) is 20.8. The van der Waals surface area contributed by atoms with Crippen LogP contribution >= 0.6 is 11.6 Å². The van der Waals surface area contributed by atoms with Crippen molar-refractivity contribution in [1.82, 2.24) is 10.2 Å². The minimum Gasteiger partial charge on any atom is -0.389 e. The summed E-state index contributed by atoms with van der Waals surface area (Å²) in [7, 11) is 0. The molecule has 1 aromatic rings. The first-order valence-corrected chi connectivity index (χ1v) is 10.6. The van der Waals surface area contributed by atoms with Crippen molar-refractivity contribution >= 4 is 23.4 Å². The Labute approximate surface area is 176 Å². The molecular weight excluding hydrogens is 396 g/mol. The second-order valence-electron chi connectivity index (χ2n) is 7.60. The second-order valence-corrected chi connectivity index (χ2v) is 8.01. The maximum absolute atomic E-state index is 12.4. The third kappa shape index (κ3) is 5.92. The number of halogens is 1. The molecule has 2 saturated heterocycles. The minimum absolute atomic E-state index is 0.000447. The predicted molar refractivity (Wildman–Crippen MR) is 108 cm³/mol.